The van der Waals surface area contributed by atoms with E-state index in [9.17, 15) is 8.42 Å². The third kappa shape index (κ3) is 3.73. The lowest BCUT2D eigenvalue weighted by atomic mass is 9.83. The van der Waals surface area contributed by atoms with Crippen molar-refractivity contribution < 1.29 is 8.42 Å². The SMILES string of the molecule is CC(C)(C)C(CBr)CS(=O)(=O)C1CCCC1. The first kappa shape index (κ1) is 14.5. The zero-order valence-electron chi connectivity index (χ0n) is 10.5. The van der Waals surface area contributed by atoms with Crippen molar-refractivity contribution in [1.82, 2.24) is 0 Å². The number of halogens is 1. The maximum absolute atomic E-state index is 12.2. The van der Waals surface area contributed by atoms with Crippen molar-refractivity contribution in [3.05, 3.63) is 0 Å². The molecule has 1 fully saturated rings. The summed E-state index contributed by atoms with van der Waals surface area (Å²) in [6, 6.07) is 0. The quantitative estimate of drug-likeness (QED) is 0.746. The monoisotopic (exact) mass is 310 g/mol. The van der Waals surface area contributed by atoms with Gasteiger partial charge in [0.15, 0.2) is 9.84 Å². The predicted octanol–water partition coefficient (Wildman–Crippen LogP) is 3.40. The maximum Gasteiger partial charge on any atom is 0.153 e. The molecule has 0 N–H and O–H groups in total. The van der Waals surface area contributed by atoms with E-state index in [2.05, 4.69) is 36.7 Å². The lowest BCUT2D eigenvalue weighted by Crippen LogP contribution is -2.33. The Morgan fingerprint density at radius 1 is 1.25 bits per heavy atom. The van der Waals surface area contributed by atoms with Crippen molar-refractivity contribution >= 4 is 25.8 Å². The molecule has 0 aromatic carbocycles. The molecule has 0 radical (unpaired) electrons. The van der Waals surface area contributed by atoms with E-state index in [-0.39, 0.29) is 16.6 Å². The van der Waals surface area contributed by atoms with Gasteiger partial charge in [0, 0.05) is 5.33 Å². The van der Waals surface area contributed by atoms with E-state index in [4.69, 9.17) is 0 Å². The zero-order chi connectivity index (χ0) is 12.4. The largest absolute Gasteiger partial charge is 0.229 e. The molecule has 1 atom stereocenters. The summed E-state index contributed by atoms with van der Waals surface area (Å²) in [4.78, 5) is 0. The van der Waals surface area contributed by atoms with Gasteiger partial charge in [-0.05, 0) is 24.2 Å². The number of hydrogen-bond donors (Lipinski definition) is 0. The molecule has 0 heterocycles. The second kappa shape index (κ2) is 5.38. The molecule has 1 aliphatic carbocycles. The summed E-state index contributed by atoms with van der Waals surface area (Å²) in [5, 5.41) is 0.707. The molecule has 1 rings (SSSR count). The first-order valence-electron chi connectivity index (χ1n) is 6.05. The van der Waals surface area contributed by atoms with Crippen molar-refractivity contribution in [2.45, 2.75) is 51.7 Å². The zero-order valence-corrected chi connectivity index (χ0v) is 12.9. The molecule has 0 aliphatic heterocycles. The number of sulfone groups is 1. The highest BCUT2D eigenvalue weighted by atomic mass is 79.9. The Morgan fingerprint density at radius 3 is 2.12 bits per heavy atom. The topological polar surface area (TPSA) is 34.1 Å². The van der Waals surface area contributed by atoms with Crippen LogP contribution in [0.1, 0.15) is 46.5 Å². The second-order valence-electron chi connectivity index (χ2n) is 5.95. The molecular weight excluding hydrogens is 288 g/mol. The Morgan fingerprint density at radius 2 is 1.75 bits per heavy atom. The highest BCUT2D eigenvalue weighted by molar-refractivity contribution is 9.09. The van der Waals surface area contributed by atoms with E-state index >= 15 is 0 Å². The van der Waals surface area contributed by atoms with Gasteiger partial charge in [0.05, 0.1) is 11.0 Å². The molecule has 0 aromatic heterocycles. The van der Waals surface area contributed by atoms with Crippen LogP contribution in [0.25, 0.3) is 0 Å². The molecular formula is C12H23BrO2S. The van der Waals surface area contributed by atoms with Crippen LogP contribution in [0.15, 0.2) is 0 Å². The Balaban J connectivity index is 2.70. The van der Waals surface area contributed by atoms with Gasteiger partial charge in [0.25, 0.3) is 0 Å². The molecule has 16 heavy (non-hydrogen) atoms. The molecule has 0 spiro atoms. The molecule has 0 amide bonds. The van der Waals surface area contributed by atoms with E-state index in [1.54, 1.807) is 0 Å². The van der Waals surface area contributed by atoms with Gasteiger partial charge in [-0.1, -0.05) is 49.5 Å². The molecule has 0 saturated heterocycles. The van der Waals surface area contributed by atoms with Crippen molar-refractivity contribution in [2.24, 2.45) is 11.3 Å². The number of rotatable bonds is 4. The Kier molecular flexibility index (Phi) is 4.88. The minimum Gasteiger partial charge on any atom is -0.229 e. The molecule has 4 heteroatoms. The van der Waals surface area contributed by atoms with Crippen molar-refractivity contribution in [3.63, 3.8) is 0 Å². The molecule has 1 aliphatic rings. The van der Waals surface area contributed by atoms with Gasteiger partial charge < -0.3 is 0 Å². The van der Waals surface area contributed by atoms with Crippen LogP contribution in [0.2, 0.25) is 0 Å². The molecule has 96 valence electrons. The molecule has 0 aromatic rings. The van der Waals surface area contributed by atoms with Crippen LogP contribution < -0.4 is 0 Å². The smallest absolute Gasteiger partial charge is 0.153 e. The standard InChI is InChI=1S/C12H23BrO2S/c1-12(2,3)10(8-13)9-16(14,15)11-6-4-5-7-11/h10-11H,4-9H2,1-3H3. The fraction of sp³-hybridized carbons (Fsp3) is 1.00. The van der Waals surface area contributed by atoms with Crippen LogP contribution in [0.5, 0.6) is 0 Å². The fourth-order valence-electron chi connectivity index (χ4n) is 2.19. The van der Waals surface area contributed by atoms with E-state index in [1.165, 1.54) is 0 Å². The van der Waals surface area contributed by atoms with Crippen LogP contribution in [-0.4, -0.2) is 24.8 Å². The average Bonchev–Trinajstić information content (AvgIpc) is 2.65. The van der Waals surface area contributed by atoms with Crippen molar-refractivity contribution in [1.29, 1.82) is 0 Å². The van der Waals surface area contributed by atoms with Gasteiger partial charge in [0.2, 0.25) is 0 Å². The normalized spacial score (nSPS) is 21.2. The summed E-state index contributed by atoms with van der Waals surface area (Å²) in [6.45, 7) is 6.34. The summed E-state index contributed by atoms with van der Waals surface area (Å²) in [5.74, 6) is 0.546. The molecule has 0 bridgehead atoms. The van der Waals surface area contributed by atoms with Gasteiger partial charge >= 0.3 is 0 Å². The van der Waals surface area contributed by atoms with Gasteiger partial charge in [0.1, 0.15) is 0 Å². The Hall–Kier alpha value is 0.430. The minimum atomic E-state index is -2.88. The minimum absolute atomic E-state index is 0.0508. The van der Waals surface area contributed by atoms with Crippen LogP contribution >= 0.6 is 15.9 Å². The predicted molar refractivity (Wildman–Crippen MR) is 72.8 cm³/mol. The van der Waals surface area contributed by atoms with Gasteiger partial charge in [-0.2, -0.15) is 0 Å². The van der Waals surface area contributed by atoms with Crippen LogP contribution in [0.4, 0.5) is 0 Å². The van der Waals surface area contributed by atoms with E-state index in [0.29, 0.717) is 5.75 Å². The summed E-state index contributed by atoms with van der Waals surface area (Å²) >= 11 is 3.45. The number of alkyl halides is 1. The second-order valence-corrected chi connectivity index (χ2v) is 8.93. The summed E-state index contributed by atoms with van der Waals surface area (Å²) < 4.78 is 24.5. The molecule has 2 nitrogen and oxygen atoms in total. The lowest BCUT2D eigenvalue weighted by Gasteiger charge is -2.29. The Bertz CT molecular complexity index is 310. The summed E-state index contributed by atoms with van der Waals surface area (Å²) in [5.41, 5.74) is 0.0508. The van der Waals surface area contributed by atoms with Gasteiger partial charge in [-0.25, -0.2) is 8.42 Å². The van der Waals surface area contributed by atoms with E-state index in [0.717, 1.165) is 31.0 Å². The van der Waals surface area contributed by atoms with E-state index < -0.39 is 9.84 Å². The van der Waals surface area contributed by atoms with Crippen LogP contribution in [0.3, 0.4) is 0 Å². The van der Waals surface area contributed by atoms with Crippen LogP contribution in [0, 0.1) is 11.3 Å². The van der Waals surface area contributed by atoms with Crippen molar-refractivity contribution in [2.75, 3.05) is 11.1 Å². The fourth-order valence-corrected chi connectivity index (χ4v) is 6.20. The average molecular weight is 311 g/mol. The Labute approximate surface area is 108 Å². The summed E-state index contributed by atoms with van der Waals surface area (Å²) in [6.07, 6.45) is 3.92. The van der Waals surface area contributed by atoms with Crippen molar-refractivity contribution in [3.8, 4) is 0 Å². The van der Waals surface area contributed by atoms with Gasteiger partial charge in [-0.15, -0.1) is 0 Å². The maximum atomic E-state index is 12.2. The van der Waals surface area contributed by atoms with E-state index in [1.807, 2.05) is 0 Å². The third-order valence-electron chi connectivity index (χ3n) is 3.65. The molecule has 1 saturated carbocycles. The highest BCUT2D eigenvalue weighted by Crippen LogP contribution is 2.32. The lowest BCUT2D eigenvalue weighted by molar-refractivity contribution is 0.291. The first-order chi connectivity index (χ1) is 7.27. The van der Waals surface area contributed by atoms with Gasteiger partial charge in [-0.3, -0.25) is 0 Å². The van der Waals surface area contributed by atoms with Crippen LogP contribution in [-0.2, 0) is 9.84 Å². The highest BCUT2D eigenvalue weighted by Gasteiger charge is 2.34. The third-order valence-corrected chi connectivity index (χ3v) is 6.79. The first-order valence-corrected chi connectivity index (χ1v) is 8.88. The molecule has 1 unspecified atom stereocenters. The number of hydrogen-bond acceptors (Lipinski definition) is 2. The summed E-state index contributed by atoms with van der Waals surface area (Å²) in [7, 11) is -2.88.